The Bertz CT molecular complexity index is 443. The molecule has 1 N–H and O–H groups in total. The van der Waals surface area contributed by atoms with Crippen molar-refractivity contribution < 1.29 is 4.79 Å². The Labute approximate surface area is 109 Å². The van der Waals surface area contributed by atoms with E-state index in [1.165, 1.54) is 16.8 Å². The van der Waals surface area contributed by atoms with Gasteiger partial charge in [-0.15, -0.1) is 0 Å². The van der Waals surface area contributed by atoms with Crippen molar-refractivity contribution >= 4 is 11.6 Å². The van der Waals surface area contributed by atoms with Gasteiger partial charge in [0.05, 0.1) is 6.54 Å². The highest BCUT2D eigenvalue weighted by Crippen LogP contribution is 2.27. The van der Waals surface area contributed by atoms with Gasteiger partial charge >= 0.3 is 0 Å². The van der Waals surface area contributed by atoms with Crippen LogP contribution in [-0.2, 0) is 17.8 Å². The second-order valence-corrected chi connectivity index (χ2v) is 5.09. The van der Waals surface area contributed by atoms with Crippen molar-refractivity contribution in [1.29, 1.82) is 0 Å². The van der Waals surface area contributed by atoms with Crippen LogP contribution in [0.1, 0.15) is 11.1 Å². The first-order valence-electron chi connectivity index (χ1n) is 6.31. The average Bonchev–Trinajstić information content (AvgIpc) is 2.77. The first-order valence-corrected chi connectivity index (χ1v) is 6.31. The molecule has 0 unspecified atom stereocenters. The van der Waals surface area contributed by atoms with Crippen molar-refractivity contribution in [2.24, 2.45) is 0 Å². The average molecular weight is 247 g/mol. The van der Waals surface area contributed by atoms with E-state index in [-0.39, 0.29) is 5.91 Å². The molecule has 1 aromatic carbocycles. The summed E-state index contributed by atoms with van der Waals surface area (Å²) in [5, 5.41) is 3.43. The summed E-state index contributed by atoms with van der Waals surface area (Å²) in [4.78, 5) is 15.3. The molecule has 0 radical (unpaired) electrons. The van der Waals surface area contributed by atoms with Crippen molar-refractivity contribution in [1.82, 2.24) is 9.80 Å². The van der Waals surface area contributed by atoms with Gasteiger partial charge in [-0.05, 0) is 24.6 Å². The summed E-state index contributed by atoms with van der Waals surface area (Å²) in [6.45, 7) is 2.28. The van der Waals surface area contributed by atoms with Gasteiger partial charge in [-0.2, -0.15) is 0 Å². The number of anilines is 1. The SMILES string of the molecule is CN(CC(=O)N(C)C)Cc1cccc2c1NCC2. The standard InChI is InChI=1S/C14H21N3O/c1-16(2)13(18)10-17(3)9-12-6-4-5-11-7-8-15-14(11)12/h4-6,15H,7-10H2,1-3H3. The lowest BCUT2D eigenvalue weighted by atomic mass is 10.1. The Morgan fingerprint density at radius 1 is 1.33 bits per heavy atom. The number of hydrogen-bond acceptors (Lipinski definition) is 3. The van der Waals surface area contributed by atoms with Gasteiger partial charge in [0.2, 0.25) is 5.91 Å². The van der Waals surface area contributed by atoms with Gasteiger partial charge in [-0.3, -0.25) is 9.69 Å². The summed E-state index contributed by atoms with van der Waals surface area (Å²) in [5.41, 5.74) is 3.93. The fourth-order valence-electron chi connectivity index (χ4n) is 2.26. The zero-order valence-corrected chi connectivity index (χ0v) is 11.4. The highest BCUT2D eigenvalue weighted by atomic mass is 16.2. The van der Waals surface area contributed by atoms with E-state index in [0.29, 0.717) is 6.54 Å². The molecule has 0 aromatic heterocycles. The van der Waals surface area contributed by atoms with E-state index in [2.05, 4.69) is 28.4 Å². The predicted molar refractivity (Wildman–Crippen MR) is 73.7 cm³/mol. The molecule has 1 aliphatic heterocycles. The number of amides is 1. The van der Waals surface area contributed by atoms with Crippen molar-refractivity contribution in [3.63, 3.8) is 0 Å². The summed E-state index contributed by atoms with van der Waals surface area (Å²) in [6.07, 6.45) is 1.10. The molecule has 0 saturated carbocycles. The van der Waals surface area contributed by atoms with E-state index in [0.717, 1.165) is 19.5 Å². The maximum absolute atomic E-state index is 11.6. The molecule has 2 rings (SSSR count). The highest BCUT2D eigenvalue weighted by molar-refractivity contribution is 5.77. The minimum Gasteiger partial charge on any atom is -0.384 e. The van der Waals surface area contributed by atoms with Crippen molar-refractivity contribution in [2.75, 3.05) is 39.5 Å². The van der Waals surface area contributed by atoms with Crippen LogP contribution in [-0.4, -0.2) is 49.9 Å². The van der Waals surface area contributed by atoms with Crippen molar-refractivity contribution in [3.8, 4) is 0 Å². The van der Waals surface area contributed by atoms with E-state index >= 15 is 0 Å². The topological polar surface area (TPSA) is 35.6 Å². The number of nitrogens with zero attached hydrogens (tertiary/aromatic N) is 2. The van der Waals surface area contributed by atoms with Gasteiger partial charge in [0.15, 0.2) is 0 Å². The Morgan fingerprint density at radius 2 is 2.11 bits per heavy atom. The fourth-order valence-corrected chi connectivity index (χ4v) is 2.26. The molecule has 0 fully saturated rings. The van der Waals surface area contributed by atoms with Crippen LogP contribution in [0.3, 0.4) is 0 Å². The number of carbonyl (C=O) groups is 1. The van der Waals surface area contributed by atoms with Crippen molar-refractivity contribution in [2.45, 2.75) is 13.0 Å². The molecule has 1 heterocycles. The largest absolute Gasteiger partial charge is 0.384 e. The minimum absolute atomic E-state index is 0.137. The molecule has 98 valence electrons. The van der Waals surface area contributed by atoms with Crippen molar-refractivity contribution in [3.05, 3.63) is 29.3 Å². The molecule has 18 heavy (non-hydrogen) atoms. The first kappa shape index (κ1) is 12.9. The van der Waals surface area contributed by atoms with Gasteiger partial charge in [0.1, 0.15) is 0 Å². The Morgan fingerprint density at radius 3 is 2.83 bits per heavy atom. The number of likely N-dealkylation sites (N-methyl/N-ethyl adjacent to an activating group) is 2. The number of hydrogen-bond donors (Lipinski definition) is 1. The predicted octanol–water partition coefficient (Wildman–Crippen LogP) is 1.17. The molecule has 0 aliphatic carbocycles. The summed E-state index contributed by atoms with van der Waals surface area (Å²) in [5.74, 6) is 0.137. The first-order chi connectivity index (χ1) is 8.58. The minimum atomic E-state index is 0.137. The maximum atomic E-state index is 11.6. The Kier molecular flexibility index (Phi) is 3.87. The van der Waals surface area contributed by atoms with Gasteiger partial charge in [0, 0.05) is 32.9 Å². The number of nitrogens with one attached hydrogen (secondary N) is 1. The molecule has 4 nitrogen and oxygen atoms in total. The van der Waals surface area contributed by atoms with Gasteiger partial charge in [-0.1, -0.05) is 18.2 Å². The lowest BCUT2D eigenvalue weighted by Gasteiger charge is -2.20. The second-order valence-electron chi connectivity index (χ2n) is 5.09. The van der Waals surface area contributed by atoms with Crippen LogP contribution in [0, 0.1) is 0 Å². The molecule has 1 aliphatic rings. The lowest BCUT2D eigenvalue weighted by molar-refractivity contribution is -0.129. The highest BCUT2D eigenvalue weighted by Gasteiger charge is 2.15. The third-order valence-electron chi connectivity index (χ3n) is 3.28. The molecule has 1 aromatic rings. The van der Waals surface area contributed by atoms with Crippen LogP contribution < -0.4 is 5.32 Å². The van der Waals surface area contributed by atoms with E-state index in [1.807, 2.05) is 7.05 Å². The van der Waals surface area contributed by atoms with Gasteiger partial charge < -0.3 is 10.2 Å². The molecule has 4 heteroatoms. The van der Waals surface area contributed by atoms with Crippen LogP contribution in [0.15, 0.2) is 18.2 Å². The molecular formula is C14H21N3O. The maximum Gasteiger partial charge on any atom is 0.236 e. The summed E-state index contributed by atoms with van der Waals surface area (Å²) in [7, 11) is 5.56. The number of fused-ring (bicyclic) bond motifs is 1. The van der Waals surface area contributed by atoms with Crippen LogP contribution in [0.25, 0.3) is 0 Å². The third-order valence-corrected chi connectivity index (χ3v) is 3.28. The van der Waals surface area contributed by atoms with E-state index in [4.69, 9.17) is 0 Å². The molecular weight excluding hydrogens is 226 g/mol. The van der Waals surface area contributed by atoms with Crippen LogP contribution in [0.2, 0.25) is 0 Å². The number of benzene rings is 1. The number of rotatable bonds is 4. The second kappa shape index (κ2) is 5.40. The third kappa shape index (κ3) is 2.82. The lowest BCUT2D eigenvalue weighted by Crippen LogP contribution is -2.34. The van der Waals surface area contributed by atoms with E-state index in [1.54, 1.807) is 19.0 Å². The Balaban J connectivity index is 2.02. The van der Waals surface area contributed by atoms with E-state index < -0.39 is 0 Å². The van der Waals surface area contributed by atoms with E-state index in [9.17, 15) is 4.79 Å². The zero-order valence-electron chi connectivity index (χ0n) is 11.4. The zero-order chi connectivity index (χ0) is 13.1. The summed E-state index contributed by atoms with van der Waals surface area (Å²) < 4.78 is 0. The van der Waals surface area contributed by atoms with Gasteiger partial charge in [-0.25, -0.2) is 0 Å². The summed E-state index contributed by atoms with van der Waals surface area (Å²) >= 11 is 0. The quantitative estimate of drug-likeness (QED) is 0.867. The number of carbonyl (C=O) groups excluding carboxylic acids is 1. The van der Waals surface area contributed by atoms with Crippen LogP contribution in [0.5, 0.6) is 0 Å². The molecule has 0 atom stereocenters. The molecule has 1 amide bonds. The van der Waals surface area contributed by atoms with Crippen LogP contribution >= 0.6 is 0 Å². The monoisotopic (exact) mass is 247 g/mol. The smallest absolute Gasteiger partial charge is 0.236 e. The Hall–Kier alpha value is -1.55. The fraction of sp³-hybridized carbons (Fsp3) is 0.500. The molecule has 0 bridgehead atoms. The molecule has 0 spiro atoms. The number of para-hydroxylation sites is 1. The molecule has 0 saturated heterocycles. The summed E-state index contributed by atoms with van der Waals surface area (Å²) in [6, 6.07) is 6.40. The normalized spacial score (nSPS) is 13.3. The van der Waals surface area contributed by atoms with Crippen LogP contribution in [0.4, 0.5) is 5.69 Å². The van der Waals surface area contributed by atoms with Gasteiger partial charge in [0.25, 0.3) is 0 Å².